The zero-order valence-electron chi connectivity index (χ0n) is 10.9. The minimum absolute atomic E-state index is 0.0408. The highest BCUT2D eigenvalue weighted by atomic mass is 32.1. The maximum Gasteiger partial charge on any atom is 0.210 e. The number of nitrogens with two attached hydrogens (primary N) is 1. The van der Waals surface area contributed by atoms with Crippen molar-refractivity contribution in [1.29, 1.82) is 0 Å². The molecule has 1 heterocycles. The van der Waals surface area contributed by atoms with Gasteiger partial charge in [0.25, 0.3) is 0 Å². The highest BCUT2D eigenvalue weighted by Crippen LogP contribution is 2.20. The predicted molar refractivity (Wildman–Crippen MR) is 80.1 cm³/mol. The molecule has 0 aliphatic rings. The lowest BCUT2D eigenvalue weighted by Crippen LogP contribution is -2.36. The number of nitrogens with zero attached hydrogens (tertiary/aromatic N) is 2. The van der Waals surface area contributed by atoms with Gasteiger partial charge >= 0.3 is 0 Å². The van der Waals surface area contributed by atoms with E-state index in [0.29, 0.717) is 5.96 Å². The molecule has 4 N–H and O–H groups in total. The van der Waals surface area contributed by atoms with Crippen LogP contribution in [0, 0.1) is 6.92 Å². The predicted octanol–water partition coefficient (Wildman–Crippen LogP) is 2.44. The molecule has 100 valence electrons. The van der Waals surface area contributed by atoms with Crippen LogP contribution in [0.1, 0.15) is 23.7 Å². The van der Waals surface area contributed by atoms with Gasteiger partial charge in [0.15, 0.2) is 0 Å². The number of benzene rings is 1. The quantitative estimate of drug-likeness (QED) is 0.348. The number of anilines is 1. The number of aromatic nitrogens is 1. The van der Waals surface area contributed by atoms with E-state index >= 15 is 0 Å². The zero-order valence-corrected chi connectivity index (χ0v) is 11.7. The van der Waals surface area contributed by atoms with E-state index in [-0.39, 0.29) is 6.04 Å². The molecule has 0 aliphatic carbocycles. The highest BCUT2D eigenvalue weighted by Gasteiger charge is 2.09. The van der Waals surface area contributed by atoms with E-state index in [1.54, 1.807) is 11.3 Å². The minimum Gasteiger partial charge on any atom is -0.325 e. The molecule has 1 aromatic carbocycles. The number of hydrogen-bond acceptors (Lipinski definition) is 4. The zero-order chi connectivity index (χ0) is 13.7. The fraction of sp³-hybridized carbons (Fsp3) is 0.231. The molecule has 5 nitrogen and oxygen atoms in total. The Kier molecular flexibility index (Phi) is 4.48. The van der Waals surface area contributed by atoms with Crippen LogP contribution >= 0.6 is 11.3 Å². The molecule has 1 unspecified atom stereocenters. The Morgan fingerprint density at radius 3 is 2.68 bits per heavy atom. The van der Waals surface area contributed by atoms with Gasteiger partial charge in [-0.05, 0) is 26.0 Å². The summed E-state index contributed by atoms with van der Waals surface area (Å²) in [6, 6.07) is 9.71. The van der Waals surface area contributed by atoms with Gasteiger partial charge in [-0.15, -0.1) is 11.3 Å². The summed E-state index contributed by atoms with van der Waals surface area (Å²) in [5.41, 5.74) is 4.52. The number of hydrogen-bond donors (Lipinski definition) is 3. The van der Waals surface area contributed by atoms with Gasteiger partial charge in [0.05, 0.1) is 0 Å². The Bertz CT molecular complexity index is 549. The second kappa shape index (κ2) is 6.31. The number of guanidine groups is 1. The van der Waals surface area contributed by atoms with Crippen molar-refractivity contribution in [2.75, 3.05) is 5.32 Å². The van der Waals surface area contributed by atoms with Crippen LogP contribution in [0.2, 0.25) is 0 Å². The molecule has 2 aromatic rings. The molecular formula is C13H17N5S. The molecule has 0 saturated heterocycles. The first kappa shape index (κ1) is 13.5. The third-order valence-electron chi connectivity index (χ3n) is 2.49. The van der Waals surface area contributed by atoms with E-state index in [1.807, 2.05) is 49.6 Å². The number of aryl methyl sites for hydroxylation is 1. The number of nitrogens with one attached hydrogen (secondary N) is 2. The molecule has 1 atom stereocenters. The summed E-state index contributed by atoms with van der Waals surface area (Å²) >= 11 is 1.60. The molecule has 0 radical (unpaired) electrons. The summed E-state index contributed by atoms with van der Waals surface area (Å²) in [6.45, 7) is 3.96. The first-order chi connectivity index (χ1) is 9.19. The topological polar surface area (TPSA) is 75.3 Å². The standard InChI is InChI=1S/C13H17N5S/c1-9-8-19-12(15-9)10(2)16-13(18-14)17-11-6-4-3-5-7-11/h3-8,10H,14H2,1-2H3,(H2,16,17,18). The van der Waals surface area contributed by atoms with Crippen molar-refractivity contribution in [2.24, 2.45) is 10.8 Å². The molecule has 0 saturated carbocycles. The second-order valence-electron chi connectivity index (χ2n) is 4.12. The van der Waals surface area contributed by atoms with Crippen LogP contribution in [0.4, 0.5) is 5.69 Å². The Hall–Kier alpha value is -1.92. The van der Waals surface area contributed by atoms with Gasteiger partial charge < -0.3 is 5.32 Å². The average molecular weight is 275 g/mol. The van der Waals surface area contributed by atoms with Crippen LogP contribution < -0.4 is 16.6 Å². The van der Waals surface area contributed by atoms with Gasteiger partial charge in [0.1, 0.15) is 11.0 Å². The lowest BCUT2D eigenvalue weighted by atomic mass is 10.3. The molecule has 0 fully saturated rings. The molecule has 19 heavy (non-hydrogen) atoms. The van der Waals surface area contributed by atoms with E-state index in [4.69, 9.17) is 5.84 Å². The van der Waals surface area contributed by atoms with Crippen LogP contribution in [0.15, 0.2) is 40.7 Å². The largest absolute Gasteiger partial charge is 0.325 e. The summed E-state index contributed by atoms with van der Waals surface area (Å²) < 4.78 is 0. The minimum atomic E-state index is -0.0408. The third kappa shape index (κ3) is 3.77. The monoisotopic (exact) mass is 275 g/mol. The number of thiazole rings is 1. The molecule has 0 bridgehead atoms. The maximum atomic E-state index is 5.49. The van der Waals surface area contributed by atoms with Gasteiger partial charge in [-0.25, -0.2) is 15.8 Å². The Morgan fingerprint density at radius 1 is 1.37 bits per heavy atom. The van der Waals surface area contributed by atoms with E-state index in [0.717, 1.165) is 16.4 Å². The van der Waals surface area contributed by atoms with E-state index in [1.165, 1.54) is 0 Å². The summed E-state index contributed by atoms with van der Waals surface area (Å²) in [5.74, 6) is 6.01. The molecule has 0 amide bonds. The van der Waals surface area contributed by atoms with Crippen molar-refractivity contribution in [2.45, 2.75) is 19.9 Å². The molecular weight excluding hydrogens is 258 g/mol. The van der Waals surface area contributed by atoms with Crippen molar-refractivity contribution in [1.82, 2.24) is 10.4 Å². The van der Waals surface area contributed by atoms with Gasteiger partial charge in [0, 0.05) is 16.8 Å². The van der Waals surface area contributed by atoms with E-state index in [9.17, 15) is 0 Å². The maximum absolute atomic E-state index is 5.49. The lowest BCUT2D eigenvalue weighted by molar-refractivity contribution is 0.791. The second-order valence-corrected chi connectivity index (χ2v) is 5.01. The summed E-state index contributed by atoms with van der Waals surface area (Å²) in [5, 5.41) is 6.11. The van der Waals surface area contributed by atoms with E-state index in [2.05, 4.69) is 20.7 Å². The normalized spacial score (nSPS) is 13.1. The molecule has 2 rings (SSSR count). The first-order valence-corrected chi connectivity index (χ1v) is 6.85. The third-order valence-corrected chi connectivity index (χ3v) is 3.62. The van der Waals surface area contributed by atoms with Crippen molar-refractivity contribution < 1.29 is 0 Å². The fourth-order valence-electron chi connectivity index (χ4n) is 1.58. The van der Waals surface area contributed by atoms with Gasteiger partial charge in [0.2, 0.25) is 5.96 Å². The van der Waals surface area contributed by atoms with Crippen LogP contribution in [-0.4, -0.2) is 10.9 Å². The van der Waals surface area contributed by atoms with Crippen molar-refractivity contribution >= 4 is 23.0 Å². The number of hydrazine groups is 1. The van der Waals surface area contributed by atoms with Crippen LogP contribution in [0.3, 0.4) is 0 Å². The number of para-hydroxylation sites is 1. The first-order valence-electron chi connectivity index (χ1n) is 5.97. The van der Waals surface area contributed by atoms with Crippen molar-refractivity contribution in [3.8, 4) is 0 Å². The van der Waals surface area contributed by atoms with Gasteiger partial charge in [-0.1, -0.05) is 18.2 Å². The molecule has 0 spiro atoms. The van der Waals surface area contributed by atoms with Gasteiger partial charge in [-0.3, -0.25) is 5.43 Å². The van der Waals surface area contributed by atoms with Crippen LogP contribution in [0.5, 0.6) is 0 Å². The Morgan fingerprint density at radius 2 is 2.11 bits per heavy atom. The molecule has 0 aliphatic heterocycles. The molecule has 6 heteroatoms. The summed E-state index contributed by atoms with van der Waals surface area (Å²) in [7, 11) is 0. The van der Waals surface area contributed by atoms with Crippen LogP contribution in [0.25, 0.3) is 0 Å². The number of rotatable bonds is 3. The number of aliphatic imine (C=N–C) groups is 1. The average Bonchev–Trinajstić information content (AvgIpc) is 2.86. The summed E-state index contributed by atoms with van der Waals surface area (Å²) in [6.07, 6.45) is 0. The lowest BCUT2D eigenvalue weighted by Gasteiger charge is -2.11. The molecule has 1 aromatic heterocycles. The summed E-state index contributed by atoms with van der Waals surface area (Å²) in [4.78, 5) is 8.91. The smallest absolute Gasteiger partial charge is 0.210 e. The van der Waals surface area contributed by atoms with Crippen molar-refractivity contribution in [3.63, 3.8) is 0 Å². The van der Waals surface area contributed by atoms with E-state index < -0.39 is 0 Å². The Balaban J connectivity index is 2.10. The fourth-order valence-corrected chi connectivity index (χ4v) is 2.37. The van der Waals surface area contributed by atoms with Crippen molar-refractivity contribution in [3.05, 3.63) is 46.4 Å². The van der Waals surface area contributed by atoms with Crippen LogP contribution in [-0.2, 0) is 0 Å². The van der Waals surface area contributed by atoms with Gasteiger partial charge in [-0.2, -0.15) is 0 Å². The highest BCUT2D eigenvalue weighted by molar-refractivity contribution is 7.09. The Labute approximate surface area is 116 Å². The SMILES string of the molecule is Cc1csc(C(C)N=C(NN)Nc2ccccc2)n1.